The largest absolute Gasteiger partial charge is 0.381 e. The number of hydrogen-bond acceptors (Lipinski definition) is 3. The van der Waals surface area contributed by atoms with Crippen molar-refractivity contribution in [3.63, 3.8) is 0 Å². The molecule has 2 N–H and O–H groups in total. The van der Waals surface area contributed by atoms with E-state index in [1.807, 2.05) is 6.07 Å². The van der Waals surface area contributed by atoms with Crippen LogP contribution in [-0.2, 0) is 0 Å². The molecular weight excluding hydrogens is 217 g/mol. The van der Waals surface area contributed by atoms with Crippen LogP contribution in [0.1, 0.15) is 0 Å². The van der Waals surface area contributed by atoms with Gasteiger partial charge in [-0.15, -0.1) is 0 Å². The van der Waals surface area contributed by atoms with Gasteiger partial charge < -0.3 is 5.73 Å². The maximum Gasteiger partial charge on any atom is 0.225 e. The Bertz CT molecular complexity index is 488. The van der Waals surface area contributed by atoms with E-state index in [1.165, 1.54) is 0 Å². The van der Waals surface area contributed by atoms with Gasteiger partial charge >= 0.3 is 0 Å². The predicted octanol–water partition coefficient (Wildman–Crippen LogP) is 2.52. The summed E-state index contributed by atoms with van der Waals surface area (Å²) in [6.45, 7) is 0. The van der Waals surface area contributed by atoms with E-state index in [-0.39, 0.29) is 16.8 Å². The molecule has 2 rings (SSSR count). The third-order valence-electron chi connectivity index (χ3n) is 1.90. The number of nitrogens with zero attached hydrogens (tertiary/aromatic N) is 2. The summed E-state index contributed by atoms with van der Waals surface area (Å²) in [5, 5.41) is -0.0623. The van der Waals surface area contributed by atoms with Gasteiger partial charge in [0.2, 0.25) is 5.28 Å². The van der Waals surface area contributed by atoms with E-state index in [0.29, 0.717) is 5.56 Å². The second-order valence-corrected chi connectivity index (χ2v) is 3.24. The van der Waals surface area contributed by atoms with E-state index < -0.39 is 5.82 Å². The van der Waals surface area contributed by atoms with Gasteiger partial charge in [0.1, 0.15) is 5.69 Å². The number of nitrogens with two attached hydrogens (primary N) is 1. The Hall–Kier alpha value is -1.68. The lowest BCUT2D eigenvalue weighted by atomic mass is 10.1. The van der Waals surface area contributed by atoms with Crippen LogP contribution in [0.4, 0.5) is 10.2 Å². The molecule has 0 amide bonds. The van der Waals surface area contributed by atoms with Gasteiger partial charge in [-0.2, -0.15) is 4.98 Å². The molecular formula is C10H7ClFN3. The van der Waals surface area contributed by atoms with Gasteiger partial charge in [0.25, 0.3) is 0 Å². The first-order valence-electron chi connectivity index (χ1n) is 4.22. The summed E-state index contributed by atoms with van der Waals surface area (Å²) in [7, 11) is 0. The second kappa shape index (κ2) is 3.82. The maximum atomic E-state index is 13.6. The van der Waals surface area contributed by atoms with E-state index in [2.05, 4.69) is 9.97 Å². The number of hydrogen-bond donors (Lipinski definition) is 1. The predicted molar refractivity (Wildman–Crippen MR) is 56.8 cm³/mol. The van der Waals surface area contributed by atoms with E-state index in [4.69, 9.17) is 17.3 Å². The van der Waals surface area contributed by atoms with Gasteiger partial charge in [-0.25, -0.2) is 9.37 Å². The van der Waals surface area contributed by atoms with Crippen molar-refractivity contribution in [3.8, 4) is 11.3 Å². The van der Waals surface area contributed by atoms with Crippen LogP contribution < -0.4 is 5.73 Å². The molecule has 76 valence electrons. The fourth-order valence-electron chi connectivity index (χ4n) is 1.22. The minimum absolute atomic E-state index is 0.0623. The van der Waals surface area contributed by atoms with Gasteiger partial charge in [-0.1, -0.05) is 30.3 Å². The van der Waals surface area contributed by atoms with Crippen LogP contribution >= 0.6 is 11.6 Å². The average Bonchev–Trinajstić information content (AvgIpc) is 2.24. The zero-order valence-electron chi connectivity index (χ0n) is 7.61. The first-order valence-corrected chi connectivity index (χ1v) is 4.60. The first kappa shape index (κ1) is 9.86. The summed E-state index contributed by atoms with van der Waals surface area (Å²) >= 11 is 5.60. The van der Waals surface area contributed by atoms with Crippen LogP contribution in [0, 0.1) is 5.82 Å². The molecule has 0 bridgehead atoms. The minimum atomic E-state index is -0.648. The molecule has 0 spiro atoms. The molecule has 1 aromatic heterocycles. The molecule has 2 aromatic rings. The molecule has 0 radical (unpaired) electrons. The Morgan fingerprint density at radius 3 is 2.47 bits per heavy atom. The zero-order valence-corrected chi connectivity index (χ0v) is 8.37. The van der Waals surface area contributed by atoms with Crippen molar-refractivity contribution in [3.05, 3.63) is 41.4 Å². The van der Waals surface area contributed by atoms with Crippen LogP contribution in [0.2, 0.25) is 5.28 Å². The number of benzene rings is 1. The fraction of sp³-hybridized carbons (Fsp3) is 0. The second-order valence-electron chi connectivity index (χ2n) is 2.91. The Labute approximate surface area is 90.7 Å². The molecule has 0 saturated heterocycles. The molecule has 3 nitrogen and oxygen atoms in total. The molecule has 0 aliphatic heterocycles. The highest BCUT2D eigenvalue weighted by Crippen LogP contribution is 2.24. The molecule has 0 atom stereocenters. The Morgan fingerprint density at radius 2 is 1.80 bits per heavy atom. The lowest BCUT2D eigenvalue weighted by Crippen LogP contribution is -2.00. The van der Waals surface area contributed by atoms with Crippen molar-refractivity contribution in [1.82, 2.24) is 9.97 Å². The number of nitrogen functional groups attached to an aromatic ring is 1. The molecule has 1 heterocycles. The van der Waals surface area contributed by atoms with E-state index >= 15 is 0 Å². The average molecular weight is 224 g/mol. The van der Waals surface area contributed by atoms with Crippen molar-refractivity contribution < 1.29 is 4.39 Å². The standard InChI is InChI=1S/C10H7ClFN3/c11-10-14-8(7(12)9(13)15-10)6-4-2-1-3-5-6/h1-5H,(H2,13,14,15). The molecule has 1 aromatic carbocycles. The Kier molecular flexibility index (Phi) is 2.51. The highest BCUT2D eigenvalue weighted by atomic mass is 35.5. The van der Waals surface area contributed by atoms with Gasteiger partial charge in [0.05, 0.1) is 0 Å². The number of rotatable bonds is 1. The van der Waals surface area contributed by atoms with E-state index in [1.54, 1.807) is 24.3 Å². The first-order chi connectivity index (χ1) is 7.18. The maximum absolute atomic E-state index is 13.6. The monoisotopic (exact) mass is 223 g/mol. The van der Waals surface area contributed by atoms with Crippen molar-refractivity contribution in [1.29, 1.82) is 0 Å². The van der Waals surface area contributed by atoms with Crippen LogP contribution in [0.25, 0.3) is 11.3 Å². The number of aromatic nitrogens is 2. The van der Waals surface area contributed by atoms with E-state index in [9.17, 15) is 4.39 Å². The summed E-state index contributed by atoms with van der Waals surface area (Å²) in [6.07, 6.45) is 0. The van der Waals surface area contributed by atoms with Crippen molar-refractivity contribution >= 4 is 17.4 Å². The SMILES string of the molecule is Nc1nc(Cl)nc(-c2ccccc2)c1F. The normalized spacial score (nSPS) is 10.3. The van der Waals surface area contributed by atoms with Gasteiger partial charge in [-0.05, 0) is 11.6 Å². The van der Waals surface area contributed by atoms with Crippen molar-refractivity contribution in [2.75, 3.05) is 5.73 Å². The van der Waals surface area contributed by atoms with Gasteiger partial charge in [0.15, 0.2) is 11.6 Å². The molecule has 0 aliphatic rings. The third-order valence-corrected chi connectivity index (χ3v) is 2.07. The van der Waals surface area contributed by atoms with Gasteiger partial charge in [-0.3, -0.25) is 0 Å². The van der Waals surface area contributed by atoms with Crippen molar-refractivity contribution in [2.24, 2.45) is 0 Å². The zero-order chi connectivity index (χ0) is 10.8. The minimum Gasteiger partial charge on any atom is -0.381 e. The van der Waals surface area contributed by atoms with Crippen LogP contribution in [-0.4, -0.2) is 9.97 Å². The topological polar surface area (TPSA) is 51.8 Å². The van der Waals surface area contributed by atoms with Crippen LogP contribution in [0.3, 0.4) is 0 Å². The highest BCUT2D eigenvalue weighted by molar-refractivity contribution is 6.28. The summed E-state index contributed by atoms with van der Waals surface area (Å²) in [6, 6.07) is 8.83. The highest BCUT2D eigenvalue weighted by Gasteiger charge is 2.12. The quantitative estimate of drug-likeness (QED) is 0.756. The molecule has 0 unspecified atom stereocenters. The molecule has 5 heteroatoms. The molecule has 0 fully saturated rings. The number of halogens is 2. The summed E-state index contributed by atoms with van der Waals surface area (Å²) in [4.78, 5) is 7.32. The summed E-state index contributed by atoms with van der Waals surface area (Å²) < 4.78 is 13.6. The Morgan fingerprint density at radius 1 is 1.13 bits per heavy atom. The van der Waals surface area contributed by atoms with E-state index in [0.717, 1.165) is 0 Å². The number of anilines is 1. The molecule has 15 heavy (non-hydrogen) atoms. The smallest absolute Gasteiger partial charge is 0.225 e. The Balaban J connectivity index is 2.63. The third kappa shape index (κ3) is 1.89. The van der Waals surface area contributed by atoms with Gasteiger partial charge in [0, 0.05) is 5.56 Å². The lowest BCUT2D eigenvalue weighted by Gasteiger charge is -2.04. The molecule has 0 saturated carbocycles. The van der Waals surface area contributed by atoms with Crippen LogP contribution in [0.5, 0.6) is 0 Å². The molecule has 0 aliphatic carbocycles. The van der Waals surface area contributed by atoms with Crippen molar-refractivity contribution in [2.45, 2.75) is 0 Å². The summed E-state index contributed by atoms with van der Waals surface area (Å²) in [5.41, 5.74) is 6.08. The lowest BCUT2D eigenvalue weighted by molar-refractivity contribution is 0.624. The summed E-state index contributed by atoms with van der Waals surface area (Å²) in [5.74, 6) is -0.889. The fourth-order valence-corrected chi connectivity index (χ4v) is 1.40. The van der Waals surface area contributed by atoms with Crippen LogP contribution in [0.15, 0.2) is 30.3 Å².